The topological polar surface area (TPSA) is 68.4 Å². The Kier molecular flexibility index (Phi) is 3.34. The molecule has 0 amide bonds. The first-order valence-electron chi connectivity index (χ1n) is 6.43. The Morgan fingerprint density at radius 1 is 1.39 bits per heavy atom. The second kappa shape index (κ2) is 4.83. The number of hydrogen-bond acceptors (Lipinski definition) is 6. The lowest BCUT2D eigenvalue weighted by molar-refractivity contribution is -0.0770. The highest BCUT2D eigenvalue weighted by Crippen LogP contribution is 2.36. The molecule has 18 heavy (non-hydrogen) atoms. The maximum absolute atomic E-state index is 9.85. The summed E-state index contributed by atoms with van der Waals surface area (Å²) in [6.07, 6.45) is 2.78. The van der Waals surface area contributed by atoms with E-state index in [2.05, 4.69) is 10.1 Å². The molecule has 1 N–H and O–H groups in total. The van der Waals surface area contributed by atoms with Gasteiger partial charge in [-0.05, 0) is 26.2 Å². The number of ether oxygens (including phenoxy) is 1. The van der Waals surface area contributed by atoms with E-state index in [0.29, 0.717) is 11.7 Å². The minimum absolute atomic E-state index is 0.0246. The molecule has 2 saturated heterocycles. The van der Waals surface area contributed by atoms with Gasteiger partial charge in [0.05, 0.1) is 12.0 Å². The summed E-state index contributed by atoms with van der Waals surface area (Å²) in [5.74, 6) is 2.75. The predicted molar refractivity (Wildman–Crippen MR) is 67.5 cm³/mol. The van der Waals surface area contributed by atoms with Gasteiger partial charge >= 0.3 is 0 Å². The van der Waals surface area contributed by atoms with E-state index in [9.17, 15) is 5.11 Å². The summed E-state index contributed by atoms with van der Waals surface area (Å²) in [5, 5.41) is 13.9. The van der Waals surface area contributed by atoms with Crippen LogP contribution in [-0.4, -0.2) is 39.5 Å². The predicted octanol–water partition coefficient (Wildman–Crippen LogP) is 1.68. The first-order valence-corrected chi connectivity index (χ1v) is 7.58. The van der Waals surface area contributed by atoms with Crippen molar-refractivity contribution >= 4 is 11.8 Å². The summed E-state index contributed by atoms with van der Waals surface area (Å²) in [7, 11) is 0. The molecule has 0 spiro atoms. The van der Waals surface area contributed by atoms with E-state index in [4.69, 9.17) is 9.26 Å². The number of hydrogen-bond donors (Lipinski definition) is 1. The lowest BCUT2D eigenvalue weighted by Gasteiger charge is -2.30. The van der Waals surface area contributed by atoms with E-state index in [1.807, 2.05) is 6.92 Å². The van der Waals surface area contributed by atoms with Crippen molar-refractivity contribution < 1.29 is 14.4 Å². The van der Waals surface area contributed by atoms with Crippen LogP contribution in [0.5, 0.6) is 0 Å². The van der Waals surface area contributed by atoms with Crippen molar-refractivity contribution in [3.05, 3.63) is 11.7 Å². The Bertz CT molecular complexity index is 417. The van der Waals surface area contributed by atoms with Crippen LogP contribution in [0.2, 0.25) is 0 Å². The third-order valence-corrected chi connectivity index (χ3v) is 4.92. The highest BCUT2D eigenvalue weighted by atomic mass is 32.2. The molecule has 1 aromatic heterocycles. The first-order chi connectivity index (χ1) is 8.69. The average Bonchev–Trinajstić information content (AvgIpc) is 2.98. The monoisotopic (exact) mass is 270 g/mol. The number of aliphatic hydroxyl groups is 1. The molecule has 0 bridgehead atoms. The van der Waals surface area contributed by atoms with Crippen molar-refractivity contribution in [2.45, 2.75) is 43.8 Å². The van der Waals surface area contributed by atoms with Gasteiger partial charge in [0.25, 0.3) is 0 Å². The van der Waals surface area contributed by atoms with Crippen molar-refractivity contribution in [1.29, 1.82) is 0 Å². The smallest absolute Gasteiger partial charge is 0.233 e. The highest BCUT2D eigenvalue weighted by molar-refractivity contribution is 7.99. The van der Waals surface area contributed by atoms with Gasteiger partial charge in [0.2, 0.25) is 11.7 Å². The fourth-order valence-corrected chi connectivity index (χ4v) is 3.72. The second-order valence-corrected chi connectivity index (χ2v) is 6.28. The van der Waals surface area contributed by atoms with Crippen LogP contribution in [-0.2, 0) is 10.3 Å². The zero-order valence-electron chi connectivity index (χ0n) is 10.5. The summed E-state index contributed by atoms with van der Waals surface area (Å²) in [4.78, 5) is 4.46. The molecule has 3 rings (SSSR count). The quantitative estimate of drug-likeness (QED) is 0.881. The minimum Gasteiger partial charge on any atom is -0.391 e. The molecule has 3 unspecified atom stereocenters. The van der Waals surface area contributed by atoms with Gasteiger partial charge in [-0.2, -0.15) is 16.7 Å². The number of thioether (sulfide) groups is 1. The molecule has 3 atom stereocenters. The molecular weight excluding hydrogens is 252 g/mol. The number of nitrogens with zero attached hydrogens (tertiary/aromatic N) is 2. The van der Waals surface area contributed by atoms with Crippen molar-refractivity contribution in [3.63, 3.8) is 0 Å². The maximum Gasteiger partial charge on any atom is 0.233 e. The van der Waals surface area contributed by atoms with E-state index < -0.39 is 5.60 Å². The summed E-state index contributed by atoms with van der Waals surface area (Å²) in [5.41, 5.74) is -0.420. The number of aliphatic hydroxyl groups excluding tert-OH is 1. The molecule has 100 valence electrons. The van der Waals surface area contributed by atoms with Gasteiger partial charge in [-0.15, -0.1) is 0 Å². The molecule has 2 aliphatic heterocycles. The summed E-state index contributed by atoms with van der Waals surface area (Å²) in [6.45, 7) is 2.77. The normalized spacial score (nSPS) is 37.0. The van der Waals surface area contributed by atoms with E-state index in [1.165, 1.54) is 0 Å². The van der Waals surface area contributed by atoms with Gasteiger partial charge in [-0.3, -0.25) is 0 Å². The fraction of sp³-hybridized carbons (Fsp3) is 0.833. The molecule has 0 saturated carbocycles. The lowest BCUT2D eigenvalue weighted by atomic mass is 9.95. The largest absolute Gasteiger partial charge is 0.391 e. The fourth-order valence-electron chi connectivity index (χ4n) is 2.49. The van der Waals surface area contributed by atoms with Crippen LogP contribution in [0.4, 0.5) is 0 Å². The molecule has 2 fully saturated rings. The SMILES string of the molecule is CC1(c2noc(C3CSCC3O)n2)CCCCO1. The third kappa shape index (κ3) is 2.17. The van der Waals surface area contributed by atoms with E-state index in [0.717, 1.165) is 37.4 Å². The lowest BCUT2D eigenvalue weighted by Crippen LogP contribution is -2.31. The van der Waals surface area contributed by atoms with Crippen LogP contribution in [0.1, 0.15) is 43.8 Å². The van der Waals surface area contributed by atoms with Crippen molar-refractivity contribution in [3.8, 4) is 0 Å². The van der Waals surface area contributed by atoms with Crippen molar-refractivity contribution in [2.24, 2.45) is 0 Å². The van der Waals surface area contributed by atoms with Crippen LogP contribution >= 0.6 is 11.8 Å². The van der Waals surface area contributed by atoms with Crippen LogP contribution in [0, 0.1) is 0 Å². The Hall–Kier alpha value is -0.590. The highest BCUT2D eigenvalue weighted by Gasteiger charge is 2.38. The van der Waals surface area contributed by atoms with Gasteiger partial charge in [0, 0.05) is 18.1 Å². The van der Waals surface area contributed by atoms with Gasteiger partial charge in [-0.25, -0.2) is 0 Å². The average molecular weight is 270 g/mol. The minimum atomic E-state index is -0.420. The third-order valence-electron chi connectivity index (χ3n) is 3.75. The first kappa shape index (κ1) is 12.4. The Morgan fingerprint density at radius 2 is 2.28 bits per heavy atom. The Morgan fingerprint density at radius 3 is 2.94 bits per heavy atom. The molecule has 6 heteroatoms. The van der Waals surface area contributed by atoms with Gasteiger partial charge in [0.15, 0.2) is 0 Å². The van der Waals surface area contributed by atoms with Crippen LogP contribution in [0.15, 0.2) is 4.52 Å². The zero-order valence-corrected chi connectivity index (χ0v) is 11.3. The number of rotatable bonds is 2. The van der Waals surface area contributed by atoms with Crippen LogP contribution < -0.4 is 0 Å². The van der Waals surface area contributed by atoms with Crippen LogP contribution in [0.3, 0.4) is 0 Å². The molecule has 3 heterocycles. The van der Waals surface area contributed by atoms with E-state index >= 15 is 0 Å². The number of aromatic nitrogens is 2. The van der Waals surface area contributed by atoms with Gasteiger partial charge < -0.3 is 14.4 Å². The molecule has 0 aromatic carbocycles. The van der Waals surface area contributed by atoms with Gasteiger partial charge in [-0.1, -0.05) is 5.16 Å². The zero-order chi connectivity index (χ0) is 12.6. The Balaban J connectivity index is 1.80. The molecule has 0 aliphatic carbocycles. The standard InChI is InChI=1S/C12H18N2O3S/c1-12(4-2-3-5-16-12)11-13-10(17-14-11)8-6-18-7-9(8)15/h8-9,15H,2-7H2,1H3. The summed E-state index contributed by atoms with van der Waals surface area (Å²) < 4.78 is 11.1. The van der Waals surface area contributed by atoms with Crippen LogP contribution in [0.25, 0.3) is 0 Å². The molecule has 2 aliphatic rings. The Labute approximate surface area is 110 Å². The van der Waals surface area contributed by atoms with Gasteiger partial charge in [0.1, 0.15) is 5.60 Å². The second-order valence-electron chi connectivity index (χ2n) is 5.20. The van der Waals surface area contributed by atoms with E-state index in [-0.39, 0.29) is 12.0 Å². The van der Waals surface area contributed by atoms with Crippen molar-refractivity contribution in [2.75, 3.05) is 18.1 Å². The summed E-state index contributed by atoms with van der Waals surface area (Å²) >= 11 is 1.72. The molecule has 1 aromatic rings. The van der Waals surface area contributed by atoms with Crippen molar-refractivity contribution in [1.82, 2.24) is 10.1 Å². The maximum atomic E-state index is 9.85. The molecular formula is C12H18N2O3S. The molecule has 0 radical (unpaired) electrons. The molecule has 5 nitrogen and oxygen atoms in total. The van der Waals surface area contributed by atoms with E-state index in [1.54, 1.807) is 11.8 Å². The summed E-state index contributed by atoms with van der Waals surface area (Å²) in [6, 6.07) is 0.